The highest BCUT2D eigenvalue weighted by molar-refractivity contribution is 5.14. The van der Waals surface area contributed by atoms with Crippen molar-refractivity contribution < 1.29 is 9.13 Å². The van der Waals surface area contributed by atoms with Crippen molar-refractivity contribution >= 4 is 0 Å². The molecule has 1 N–H and O–H groups in total. The molecule has 3 nitrogen and oxygen atoms in total. The Kier molecular flexibility index (Phi) is 5.31. The van der Waals surface area contributed by atoms with Crippen molar-refractivity contribution in [1.82, 2.24) is 10.3 Å². The van der Waals surface area contributed by atoms with E-state index in [4.69, 9.17) is 4.74 Å². The van der Waals surface area contributed by atoms with E-state index in [9.17, 15) is 4.39 Å². The third kappa shape index (κ3) is 4.67. The molecular formula is C15H17FN2O. The second-order valence-electron chi connectivity index (χ2n) is 4.15. The zero-order valence-electron chi connectivity index (χ0n) is 10.7. The summed E-state index contributed by atoms with van der Waals surface area (Å²) in [7, 11) is 0. The summed E-state index contributed by atoms with van der Waals surface area (Å²) in [5, 5.41) is 3.31. The van der Waals surface area contributed by atoms with Gasteiger partial charge < -0.3 is 10.1 Å². The Morgan fingerprint density at radius 2 is 1.95 bits per heavy atom. The zero-order chi connectivity index (χ0) is 13.3. The molecule has 1 heterocycles. The van der Waals surface area contributed by atoms with Gasteiger partial charge >= 0.3 is 0 Å². The fourth-order valence-electron chi connectivity index (χ4n) is 1.67. The van der Waals surface area contributed by atoms with Crippen LogP contribution in [0.2, 0.25) is 0 Å². The normalized spacial score (nSPS) is 10.4. The van der Waals surface area contributed by atoms with Gasteiger partial charge in [0.25, 0.3) is 0 Å². The van der Waals surface area contributed by atoms with E-state index < -0.39 is 5.82 Å². The number of ether oxygens (including phenoxy) is 1. The third-order valence-electron chi connectivity index (χ3n) is 2.63. The van der Waals surface area contributed by atoms with Crippen LogP contribution >= 0.6 is 0 Å². The fraction of sp³-hybridized carbons (Fsp3) is 0.267. The van der Waals surface area contributed by atoms with Crippen molar-refractivity contribution in [2.75, 3.05) is 13.2 Å². The predicted molar refractivity (Wildman–Crippen MR) is 72.5 cm³/mol. The third-order valence-corrected chi connectivity index (χ3v) is 2.63. The van der Waals surface area contributed by atoms with E-state index in [-0.39, 0.29) is 5.88 Å². The second-order valence-corrected chi connectivity index (χ2v) is 4.15. The Bertz CT molecular complexity index is 491. The van der Waals surface area contributed by atoms with Crippen LogP contribution in [-0.4, -0.2) is 18.1 Å². The summed E-state index contributed by atoms with van der Waals surface area (Å²) in [6, 6.07) is 13.1. The maximum Gasteiger partial charge on any atom is 0.250 e. The number of nitrogens with zero attached hydrogens (tertiary/aromatic N) is 1. The van der Waals surface area contributed by atoms with Gasteiger partial charge in [0, 0.05) is 12.7 Å². The fourth-order valence-corrected chi connectivity index (χ4v) is 1.67. The van der Waals surface area contributed by atoms with Crippen molar-refractivity contribution in [2.45, 2.75) is 13.0 Å². The quantitative estimate of drug-likeness (QED) is 0.777. The summed E-state index contributed by atoms with van der Waals surface area (Å²) >= 11 is 0. The highest BCUT2D eigenvalue weighted by Gasteiger charge is 2.02. The first-order chi connectivity index (χ1) is 9.36. The van der Waals surface area contributed by atoms with E-state index in [0.29, 0.717) is 6.61 Å². The maximum atomic E-state index is 13.2. The lowest BCUT2D eigenvalue weighted by atomic mass is 10.2. The highest BCUT2D eigenvalue weighted by atomic mass is 19.1. The Hall–Kier alpha value is -1.94. The first-order valence-electron chi connectivity index (χ1n) is 6.34. The number of hydrogen-bond donors (Lipinski definition) is 1. The molecule has 0 aliphatic rings. The number of aromatic nitrogens is 1. The van der Waals surface area contributed by atoms with Gasteiger partial charge in [-0.3, -0.25) is 0 Å². The molecule has 1 aromatic carbocycles. The molecule has 19 heavy (non-hydrogen) atoms. The van der Waals surface area contributed by atoms with Gasteiger partial charge in [0.1, 0.15) is 0 Å². The van der Waals surface area contributed by atoms with E-state index in [1.807, 2.05) is 18.2 Å². The van der Waals surface area contributed by atoms with Crippen LogP contribution in [0.25, 0.3) is 0 Å². The van der Waals surface area contributed by atoms with E-state index in [1.165, 1.54) is 17.8 Å². The molecule has 100 valence electrons. The Morgan fingerprint density at radius 1 is 1.11 bits per heavy atom. The minimum Gasteiger partial charge on any atom is -0.476 e. The van der Waals surface area contributed by atoms with Crippen LogP contribution in [0.4, 0.5) is 4.39 Å². The van der Waals surface area contributed by atoms with Crippen molar-refractivity contribution in [3.63, 3.8) is 0 Å². The summed E-state index contributed by atoms with van der Waals surface area (Å²) in [5.41, 5.74) is 1.25. The minimum atomic E-state index is -0.417. The van der Waals surface area contributed by atoms with Gasteiger partial charge in [0.2, 0.25) is 5.88 Å². The molecule has 4 heteroatoms. The molecule has 0 spiro atoms. The predicted octanol–water partition coefficient (Wildman–Crippen LogP) is 2.78. The van der Waals surface area contributed by atoms with Crippen molar-refractivity contribution in [3.8, 4) is 5.88 Å². The summed E-state index contributed by atoms with van der Waals surface area (Å²) < 4.78 is 18.4. The Labute approximate surface area is 112 Å². The SMILES string of the molecule is Fc1cccnc1OCCCNCc1ccccc1. The number of rotatable bonds is 7. The first kappa shape index (κ1) is 13.5. The van der Waals surface area contributed by atoms with Gasteiger partial charge in [0.05, 0.1) is 6.61 Å². The molecular weight excluding hydrogens is 243 g/mol. The van der Waals surface area contributed by atoms with Crippen LogP contribution in [-0.2, 0) is 6.54 Å². The molecule has 0 unspecified atom stereocenters. The van der Waals surface area contributed by atoms with Crippen LogP contribution in [0.5, 0.6) is 5.88 Å². The summed E-state index contributed by atoms with van der Waals surface area (Å²) in [5.74, 6) is -0.342. The molecule has 0 bridgehead atoms. The van der Waals surface area contributed by atoms with Gasteiger partial charge in [-0.2, -0.15) is 0 Å². The maximum absolute atomic E-state index is 13.2. The monoisotopic (exact) mass is 260 g/mol. The van der Waals surface area contributed by atoms with Crippen LogP contribution in [0.15, 0.2) is 48.7 Å². The molecule has 0 radical (unpaired) electrons. The molecule has 2 aromatic rings. The topological polar surface area (TPSA) is 34.1 Å². The molecule has 1 aromatic heterocycles. The molecule has 0 aliphatic carbocycles. The summed E-state index contributed by atoms with van der Waals surface area (Å²) in [4.78, 5) is 3.83. The van der Waals surface area contributed by atoms with Gasteiger partial charge in [-0.25, -0.2) is 9.37 Å². The van der Waals surface area contributed by atoms with Crippen molar-refractivity contribution in [1.29, 1.82) is 0 Å². The van der Waals surface area contributed by atoms with Crippen LogP contribution in [0.1, 0.15) is 12.0 Å². The summed E-state index contributed by atoms with van der Waals surface area (Å²) in [6.45, 7) is 2.11. The molecule has 0 amide bonds. The summed E-state index contributed by atoms with van der Waals surface area (Å²) in [6.07, 6.45) is 2.33. The molecule has 0 fully saturated rings. The van der Waals surface area contributed by atoms with Gasteiger partial charge in [-0.15, -0.1) is 0 Å². The molecule has 2 rings (SSSR count). The molecule has 0 atom stereocenters. The van der Waals surface area contributed by atoms with Crippen LogP contribution in [0, 0.1) is 5.82 Å². The van der Waals surface area contributed by atoms with Gasteiger partial charge in [-0.1, -0.05) is 30.3 Å². The number of hydrogen-bond acceptors (Lipinski definition) is 3. The van der Waals surface area contributed by atoms with E-state index in [0.717, 1.165) is 19.5 Å². The van der Waals surface area contributed by atoms with Crippen molar-refractivity contribution in [3.05, 3.63) is 60.0 Å². The first-order valence-corrected chi connectivity index (χ1v) is 6.34. The lowest BCUT2D eigenvalue weighted by Crippen LogP contribution is -2.17. The molecule has 0 saturated heterocycles. The lowest BCUT2D eigenvalue weighted by Gasteiger charge is -2.07. The smallest absolute Gasteiger partial charge is 0.250 e. The van der Waals surface area contributed by atoms with Crippen LogP contribution < -0.4 is 10.1 Å². The zero-order valence-corrected chi connectivity index (χ0v) is 10.7. The van der Waals surface area contributed by atoms with Crippen LogP contribution in [0.3, 0.4) is 0 Å². The molecule has 0 saturated carbocycles. The lowest BCUT2D eigenvalue weighted by molar-refractivity contribution is 0.281. The number of nitrogens with one attached hydrogen (secondary N) is 1. The number of pyridine rings is 1. The van der Waals surface area contributed by atoms with E-state index in [1.54, 1.807) is 6.07 Å². The van der Waals surface area contributed by atoms with E-state index in [2.05, 4.69) is 22.4 Å². The standard InChI is InChI=1S/C15H17FN2O/c16-14-8-4-10-18-15(14)19-11-5-9-17-12-13-6-2-1-3-7-13/h1-4,6-8,10,17H,5,9,11-12H2. The average Bonchev–Trinajstić information content (AvgIpc) is 2.45. The largest absolute Gasteiger partial charge is 0.476 e. The minimum absolute atomic E-state index is 0.0746. The van der Waals surface area contributed by atoms with Gasteiger partial charge in [0.15, 0.2) is 5.82 Å². The number of benzene rings is 1. The second kappa shape index (κ2) is 7.48. The molecule has 0 aliphatic heterocycles. The van der Waals surface area contributed by atoms with Gasteiger partial charge in [-0.05, 0) is 30.7 Å². The van der Waals surface area contributed by atoms with Crippen molar-refractivity contribution in [2.24, 2.45) is 0 Å². The van der Waals surface area contributed by atoms with E-state index >= 15 is 0 Å². The number of halogens is 1. The average molecular weight is 260 g/mol. The Balaban J connectivity index is 1.59. The highest BCUT2D eigenvalue weighted by Crippen LogP contribution is 2.11. The Morgan fingerprint density at radius 3 is 2.74 bits per heavy atom.